The normalized spacial score (nSPS) is 15.7. The number of halogens is 2. The number of anilines is 1. The number of hydrogen-bond acceptors (Lipinski definition) is 4. The second-order valence-corrected chi connectivity index (χ2v) is 5.63. The lowest BCUT2D eigenvalue weighted by atomic mass is 9.99. The Morgan fingerprint density at radius 2 is 2.22 bits per heavy atom. The van der Waals surface area contributed by atoms with Crippen LogP contribution >= 0.6 is 0 Å². The fraction of sp³-hybridized carbons (Fsp3) is 0.400. The topological polar surface area (TPSA) is 63.1 Å². The van der Waals surface area contributed by atoms with Crippen molar-refractivity contribution in [3.8, 4) is 11.1 Å². The number of hydrogen-bond donors (Lipinski definition) is 1. The fourth-order valence-electron chi connectivity index (χ4n) is 2.56. The Hall–Kier alpha value is -2.35. The smallest absolute Gasteiger partial charge is 0.251 e. The number of aromatic nitrogens is 3. The van der Waals surface area contributed by atoms with Crippen molar-refractivity contribution in [3.05, 3.63) is 30.7 Å². The highest BCUT2D eigenvalue weighted by molar-refractivity contribution is 5.93. The summed E-state index contributed by atoms with van der Waals surface area (Å²) in [6.07, 6.45) is 2.85. The highest BCUT2D eigenvalue weighted by Gasteiger charge is 2.33. The second-order valence-electron chi connectivity index (χ2n) is 5.63. The molecule has 0 radical (unpaired) electrons. The van der Waals surface area contributed by atoms with Crippen LogP contribution in [0.3, 0.4) is 0 Å². The minimum Gasteiger partial charge on any atom is -0.310 e. The van der Waals surface area contributed by atoms with Crippen LogP contribution in [0.25, 0.3) is 11.1 Å². The van der Waals surface area contributed by atoms with Crippen molar-refractivity contribution in [2.75, 3.05) is 25.0 Å². The maximum Gasteiger partial charge on any atom is 0.251 e. The summed E-state index contributed by atoms with van der Waals surface area (Å²) in [6.45, 7) is 0.440. The van der Waals surface area contributed by atoms with Crippen molar-refractivity contribution in [1.82, 2.24) is 19.7 Å². The number of rotatable bonds is 5. The van der Waals surface area contributed by atoms with Crippen LogP contribution in [0.15, 0.2) is 30.7 Å². The molecule has 0 aliphatic carbocycles. The Bertz CT molecular complexity index is 697. The molecular weight excluding hydrogens is 304 g/mol. The molecule has 1 saturated heterocycles. The lowest BCUT2D eigenvalue weighted by Crippen LogP contribution is -2.53. The van der Waals surface area contributed by atoms with Gasteiger partial charge in [0.15, 0.2) is 0 Å². The van der Waals surface area contributed by atoms with E-state index in [0.29, 0.717) is 18.9 Å². The van der Waals surface area contributed by atoms with Gasteiger partial charge in [0.05, 0.1) is 18.7 Å². The van der Waals surface area contributed by atoms with Gasteiger partial charge in [-0.05, 0) is 17.7 Å². The molecular formula is C15H17F2N5O. The molecule has 8 heteroatoms. The third-order valence-corrected chi connectivity index (χ3v) is 3.77. The summed E-state index contributed by atoms with van der Waals surface area (Å²) in [5, 5.41) is 6.85. The maximum atomic E-state index is 12.2. The SMILES string of the molecule is Cn1cc(-c2ccnc(NC(=O)C3CN(CC(F)F)C3)c2)cn1. The van der Waals surface area contributed by atoms with Gasteiger partial charge in [-0.1, -0.05) is 0 Å². The molecule has 0 bridgehead atoms. The summed E-state index contributed by atoms with van der Waals surface area (Å²) in [4.78, 5) is 17.8. The molecule has 1 N–H and O–H groups in total. The monoisotopic (exact) mass is 321 g/mol. The molecule has 0 aromatic carbocycles. The fourth-order valence-corrected chi connectivity index (χ4v) is 2.56. The predicted octanol–water partition coefficient (Wildman–Crippen LogP) is 1.62. The predicted molar refractivity (Wildman–Crippen MR) is 81.0 cm³/mol. The summed E-state index contributed by atoms with van der Waals surface area (Å²) >= 11 is 0. The highest BCUT2D eigenvalue weighted by atomic mass is 19.3. The molecule has 1 aliphatic heterocycles. The number of likely N-dealkylation sites (tertiary alicyclic amines) is 1. The minimum absolute atomic E-state index is 0.189. The van der Waals surface area contributed by atoms with Gasteiger partial charge in [-0.25, -0.2) is 13.8 Å². The molecule has 2 aromatic rings. The molecule has 2 aromatic heterocycles. The molecule has 1 aliphatic rings. The van der Waals surface area contributed by atoms with Crippen molar-refractivity contribution < 1.29 is 13.6 Å². The zero-order valence-electron chi connectivity index (χ0n) is 12.6. The summed E-state index contributed by atoms with van der Waals surface area (Å²) in [5.74, 6) is -0.00684. The summed E-state index contributed by atoms with van der Waals surface area (Å²) in [6, 6.07) is 3.60. The average molecular weight is 321 g/mol. The van der Waals surface area contributed by atoms with Gasteiger partial charge < -0.3 is 5.32 Å². The molecule has 122 valence electrons. The summed E-state index contributed by atoms with van der Waals surface area (Å²) in [7, 11) is 1.83. The van der Waals surface area contributed by atoms with Crippen LogP contribution in [0.1, 0.15) is 0 Å². The number of nitrogens with one attached hydrogen (secondary N) is 1. The molecule has 0 atom stereocenters. The van der Waals surface area contributed by atoms with Gasteiger partial charge in [0.2, 0.25) is 5.91 Å². The van der Waals surface area contributed by atoms with E-state index in [0.717, 1.165) is 11.1 Å². The molecule has 0 unspecified atom stereocenters. The first kappa shape index (κ1) is 15.5. The van der Waals surface area contributed by atoms with Crippen LogP contribution in [0.4, 0.5) is 14.6 Å². The number of aryl methyl sites for hydroxylation is 1. The third-order valence-electron chi connectivity index (χ3n) is 3.77. The number of pyridine rings is 1. The van der Waals surface area contributed by atoms with Crippen LogP contribution in [-0.4, -0.2) is 51.6 Å². The van der Waals surface area contributed by atoms with Crippen LogP contribution in [-0.2, 0) is 11.8 Å². The lowest BCUT2D eigenvalue weighted by molar-refractivity contribution is -0.125. The van der Waals surface area contributed by atoms with E-state index in [1.165, 1.54) is 0 Å². The molecule has 3 rings (SSSR count). The van der Waals surface area contributed by atoms with Crippen molar-refractivity contribution >= 4 is 11.7 Å². The zero-order valence-corrected chi connectivity index (χ0v) is 12.6. The number of amides is 1. The maximum absolute atomic E-state index is 12.2. The van der Waals surface area contributed by atoms with Gasteiger partial charge in [0, 0.05) is 38.1 Å². The molecule has 0 saturated carbocycles. The van der Waals surface area contributed by atoms with E-state index in [1.807, 2.05) is 19.3 Å². The van der Waals surface area contributed by atoms with E-state index in [-0.39, 0.29) is 18.4 Å². The lowest BCUT2D eigenvalue weighted by Gasteiger charge is -2.37. The van der Waals surface area contributed by atoms with E-state index >= 15 is 0 Å². The van der Waals surface area contributed by atoms with E-state index in [1.54, 1.807) is 28.0 Å². The van der Waals surface area contributed by atoms with Gasteiger partial charge in [-0.15, -0.1) is 0 Å². The quantitative estimate of drug-likeness (QED) is 0.909. The van der Waals surface area contributed by atoms with E-state index in [4.69, 9.17) is 0 Å². The van der Waals surface area contributed by atoms with E-state index in [2.05, 4.69) is 15.4 Å². The summed E-state index contributed by atoms with van der Waals surface area (Å²) < 4.78 is 26.2. The zero-order chi connectivity index (χ0) is 16.4. The third kappa shape index (κ3) is 3.70. The minimum atomic E-state index is -2.36. The second kappa shape index (κ2) is 6.41. The highest BCUT2D eigenvalue weighted by Crippen LogP contribution is 2.22. The molecule has 23 heavy (non-hydrogen) atoms. The van der Waals surface area contributed by atoms with E-state index < -0.39 is 6.43 Å². The van der Waals surface area contributed by atoms with Crippen molar-refractivity contribution in [3.63, 3.8) is 0 Å². The van der Waals surface area contributed by atoms with Crippen molar-refractivity contribution in [2.24, 2.45) is 13.0 Å². The molecule has 6 nitrogen and oxygen atoms in total. The van der Waals surface area contributed by atoms with Crippen LogP contribution in [0.5, 0.6) is 0 Å². The van der Waals surface area contributed by atoms with Crippen molar-refractivity contribution in [1.29, 1.82) is 0 Å². The molecule has 0 spiro atoms. The average Bonchev–Trinajstić information content (AvgIpc) is 2.89. The van der Waals surface area contributed by atoms with Gasteiger partial charge in [0.25, 0.3) is 6.43 Å². The Morgan fingerprint density at radius 3 is 2.87 bits per heavy atom. The standard InChI is InChI=1S/C15H17F2N5O/c1-21-6-11(5-19-21)10-2-3-18-14(4-10)20-15(23)12-7-22(8-12)9-13(16)17/h2-6,12-13H,7-9H2,1H3,(H,18,20,23). The number of nitrogens with zero attached hydrogens (tertiary/aromatic N) is 4. The van der Waals surface area contributed by atoms with Crippen molar-refractivity contribution in [2.45, 2.75) is 6.43 Å². The van der Waals surface area contributed by atoms with Gasteiger partial charge in [-0.2, -0.15) is 5.10 Å². The molecule has 1 fully saturated rings. The molecule has 1 amide bonds. The Kier molecular flexibility index (Phi) is 4.33. The Morgan fingerprint density at radius 1 is 1.43 bits per heavy atom. The van der Waals surface area contributed by atoms with E-state index in [9.17, 15) is 13.6 Å². The number of alkyl halides is 2. The Balaban J connectivity index is 1.59. The van der Waals surface area contributed by atoms with Crippen LogP contribution < -0.4 is 5.32 Å². The Labute approximate surface area is 132 Å². The van der Waals surface area contributed by atoms with Crippen LogP contribution in [0.2, 0.25) is 0 Å². The van der Waals surface area contributed by atoms with Crippen LogP contribution in [0, 0.1) is 5.92 Å². The largest absolute Gasteiger partial charge is 0.310 e. The van der Waals surface area contributed by atoms with Gasteiger partial charge in [0.1, 0.15) is 5.82 Å². The number of carbonyl (C=O) groups is 1. The van der Waals surface area contributed by atoms with Gasteiger partial charge >= 0.3 is 0 Å². The first-order valence-corrected chi connectivity index (χ1v) is 7.27. The molecule has 3 heterocycles. The first-order valence-electron chi connectivity index (χ1n) is 7.27. The van der Waals surface area contributed by atoms with Gasteiger partial charge in [-0.3, -0.25) is 14.4 Å². The summed E-state index contributed by atoms with van der Waals surface area (Å²) in [5.41, 5.74) is 1.83. The first-order chi connectivity index (χ1) is 11.0. The number of carbonyl (C=O) groups excluding carboxylic acids is 1.